The van der Waals surface area contributed by atoms with Crippen LogP contribution in [0.1, 0.15) is 35.7 Å². The molecular weight excluding hydrogens is 150 g/mol. The molecule has 1 aliphatic rings. The van der Waals surface area contributed by atoms with Crippen LogP contribution in [0.4, 0.5) is 5.95 Å². The third-order valence-electron chi connectivity index (χ3n) is 2.33. The fraction of sp³-hybridized carbons (Fsp3) is 0.556. The van der Waals surface area contributed by atoms with E-state index >= 15 is 0 Å². The highest BCUT2D eigenvalue weighted by Gasteiger charge is 2.27. The molecule has 0 spiro atoms. The van der Waals surface area contributed by atoms with Crippen molar-refractivity contribution in [1.29, 1.82) is 0 Å². The monoisotopic (exact) mass is 163 g/mol. The Bertz CT molecular complexity index is 293. The van der Waals surface area contributed by atoms with Crippen LogP contribution < -0.4 is 5.73 Å². The van der Waals surface area contributed by atoms with Crippen molar-refractivity contribution in [2.24, 2.45) is 0 Å². The van der Waals surface area contributed by atoms with Gasteiger partial charge in [-0.25, -0.2) is 9.97 Å². The zero-order chi connectivity index (χ0) is 8.72. The first-order valence-electron chi connectivity index (χ1n) is 4.29. The molecule has 1 aromatic heterocycles. The smallest absolute Gasteiger partial charge is 0.220 e. The fourth-order valence-electron chi connectivity index (χ4n) is 1.71. The summed E-state index contributed by atoms with van der Waals surface area (Å²) in [6.07, 6.45) is 2.57. The number of rotatable bonds is 1. The maximum absolute atomic E-state index is 5.53. The van der Waals surface area contributed by atoms with Crippen LogP contribution in [0.25, 0.3) is 0 Å². The summed E-state index contributed by atoms with van der Waals surface area (Å²) in [6.45, 7) is 4.03. The van der Waals surface area contributed by atoms with Crippen LogP contribution in [-0.4, -0.2) is 9.97 Å². The molecule has 1 heterocycles. The molecule has 0 bridgehead atoms. The van der Waals surface area contributed by atoms with Gasteiger partial charge in [0.05, 0.1) is 0 Å². The standard InChI is InChI=1S/C9H13N3/c1-5-8(7-3-4-7)6(2)12-9(10)11-5/h7H,3-4H2,1-2H3,(H2,10,11,12). The highest BCUT2D eigenvalue weighted by Crippen LogP contribution is 2.42. The Morgan fingerprint density at radius 1 is 1.17 bits per heavy atom. The molecule has 0 aromatic carbocycles. The molecule has 1 aromatic rings. The summed E-state index contributed by atoms with van der Waals surface area (Å²) in [7, 11) is 0. The van der Waals surface area contributed by atoms with Gasteiger partial charge in [0.25, 0.3) is 0 Å². The van der Waals surface area contributed by atoms with Gasteiger partial charge in [0.15, 0.2) is 0 Å². The second kappa shape index (κ2) is 2.44. The Balaban J connectivity index is 2.51. The molecule has 1 fully saturated rings. The van der Waals surface area contributed by atoms with Crippen molar-refractivity contribution in [2.75, 3.05) is 5.73 Å². The average Bonchev–Trinajstić information content (AvgIpc) is 2.68. The lowest BCUT2D eigenvalue weighted by atomic mass is 10.1. The Morgan fingerprint density at radius 3 is 2.08 bits per heavy atom. The van der Waals surface area contributed by atoms with Gasteiger partial charge in [0.2, 0.25) is 5.95 Å². The van der Waals surface area contributed by atoms with E-state index in [0.717, 1.165) is 11.4 Å². The van der Waals surface area contributed by atoms with Gasteiger partial charge in [0.1, 0.15) is 0 Å². The van der Waals surface area contributed by atoms with E-state index in [1.807, 2.05) is 13.8 Å². The summed E-state index contributed by atoms with van der Waals surface area (Å²) in [6, 6.07) is 0. The number of nitrogens with two attached hydrogens (primary N) is 1. The van der Waals surface area contributed by atoms with Crippen LogP contribution in [0.15, 0.2) is 0 Å². The van der Waals surface area contributed by atoms with Gasteiger partial charge in [0, 0.05) is 11.4 Å². The molecule has 2 N–H and O–H groups in total. The van der Waals surface area contributed by atoms with E-state index in [1.54, 1.807) is 0 Å². The minimum atomic E-state index is 0.398. The highest BCUT2D eigenvalue weighted by atomic mass is 15.0. The molecule has 1 saturated carbocycles. The van der Waals surface area contributed by atoms with Crippen LogP contribution in [0, 0.1) is 13.8 Å². The van der Waals surface area contributed by atoms with E-state index < -0.39 is 0 Å². The minimum absolute atomic E-state index is 0.398. The van der Waals surface area contributed by atoms with Crippen LogP contribution in [-0.2, 0) is 0 Å². The molecule has 3 nitrogen and oxygen atoms in total. The van der Waals surface area contributed by atoms with Crippen LogP contribution in [0.2, 0.25) is 0 Å². The van der Waals surface area contributed by atoms with E-state index in [4.69, 9.17) is 5.73 Å². The lowest BCUT2D eigenvalue weighted by Gasteiger charge is -2.06. The summed E-state index contributed by atoms with van der Waals surface area (Å²) in [5.41, 5.74) is 8.97. The molecule has 0 saturated heterocycles. The number of aromatic nitrogens is 2. The van der Waals surface area contributed by atoms with E-state index in [-0.39, 0.29) is 0 Å². The maximum atomic E-state index is 5.53. The molecular formula is C9H13N3. The van der Waals surface area contributed by atoms with Crippen LogP contribution in [0.3, 0.4) is 0 Å². The number of anilines is 1. The van der Waals surface area contributed by atoms with E-state index in [2.05, 4.69) is 9.97 Å². The topological polar surface area (TPSA) is 51.8 Å². The molecule has 0 atom stereocenters. The van der Waals surface area contributed by atoms with Gasteiger partial charge >= 0.3 is 0 Å². The van der Waals surface area contributed by atoms with Crippen LogP contribution in [0.5, 0.6) is 0 Å². The third kappa shape index (κ3) is 1.15. The third-order valence-corrected chi connectivity index (χ3v) is 2.33. The summed E-state index contributed by atoms with van der Waals surface area (Å²) in [5, 5.41) is 0. The number of nitrogens with zero attached hydrogens (tertiary/aromatic N) is 2. The molecule has 12 heavy (non-hydrogen) atoms. The predicted octanol–water partition coefficient (Wildman–Crippen LogP) is 1.55. The Kier molecular flexibility index (Phi) is 1.53. The first-order chi connectivity index (χ1) is 5.68. The van der Waals surface area contributed by atoms with Gasteiger partial charge in [-0.1, -0.05) is 0 Å². The van der Waals surface area contributed by atoms with Gasteiger partial charge in [-0.2, -0.15) is 0 Å². The number of hydrogen-bond acceptors (Lipinski definition) is 3. The second-order valence-corrected chi connectivity index (χ2v) is 3.44. The second-order valence-electron chi connectivity index (χ2n) is 3.44. The van der Waals surface area contributed by atoms with Gasteiger partial charge in [-0.3, -0.25) is 0 Å². The summed E-state index contributed by atoms with van der Waals surface area (Å²) >= 11 is 0. The van der Waals surface area contributed by atoms with Gasteiger partial charge < -0.3 is 5.73 Å². The average molecular weight is 163 g/mol. The van der Waals surface area contributed by atoms with Crippen molar-refractivity contribution < 1.29 is 0 Å². The fourth-order valence-corrected chi connectivity index (χ4v) is 1.71. The first kappa shape index (κ1) is 7.53. The van der Waals surface area contributed by atoms with Gasteiger partial charge in [-0.05, 0) is 38.2 Å². The molecule has 0 aliphatic heterocycles. The van der Waals surface area contributed by atoms with Gasteiger partial charge in [-0.15, -0.1) is 0 Å². The van der Waals surface area contributed by atoms with E-state index in [1.165, 1.54) is 18.4 Å². The molecule has 0 unspecified atom stereocenters. The quantitative estimate of drug-likeness (QED) is 0.683. The SMILES string of the molecule is Cc1nc(N)nc(C)c1C1CC1. The minimum Gasteiger partial charge on any atom is -0.368 e. The summed E-state index contributed by atoms with van der Waals surface area (Å²) in [4.78, 5) is 8.32. The van der Waals surface area contributed by atoms with Crippen molar-refractivity contribution in [3.63, 3.8) is 0 Å². The van der Waals surface area contributed by atoms with E-state index in [9.17, 15) is 0 Å². The Labute approximate surface area is 72.0 Å². The Hall–Kier alpha value is -1.12. The number of hydrogen-bond donors (Lipinski definition) is 1. The van der Waals surface area contributed by atoms with Crippen molar-refractivity contribution in [1.82, 2.24) is 9.97 Å². The lowest BCUT2D eigenvalue weighted by molar-refractivity contribution is 0.957. The molecule has 0 radical (unpaired) electrons. The molecule has 64 valence electrons. The summed E-state index contributed by atoms with van der Waals surface area (Å²) < 4.78 is 0. The normalized spacial score (nSPS) is 16.5. The van der Waals surface area contributed by atoms with Crippen molar-refractivity contribution in [3.8, 4) is 0 Å². The first-order valence-corrected chi connectivity index (χ1v) is 4.29. The van der Waals surface area contributed by atoms with Crippen molar-refractivity contribution in [2.45, 2.75) is 32.6 Å². The molecule has 1 aliphatic carbocycles. The number of nitrogen functional groups attached to an aromatic ring is 1. The zero-order valence-corrected chi connectivity index (χ0v) is 7.46. The van der Waals surface area contributed by atoms with Crippen molar-refractivity contribution in [3.05, 3.63) is 17.0 Å². The molecule has 0 amide bonds. The maximum Gasteiger partial charge on any atom is 0.220 e. The van der Waals surface area contributed by atoms with Crippen molar-refractivity contribution >= 4 is 5.95 Å². The van der Waals surface area contributed by atoms with E-state index in [0.29, 0.717) is 11.9 Å². The zero-order valence-electron chi connectivity index (χ0n) is 7.46. The van der Waals surface area contributed by atoms with Crippen LogP contribution >= 0.6 is 0 Å². The summed E-state index contributed by atoms with van der Waals surface area (Å²) in [5.74, 6) is 1.11. The predicted molar refractivity (Wildman–Crippen MR) is 47.9 cm³/mol. The largest absolute Gasteiger partial charge is 0.368 e. The Morgan fingerprint density at radius 2 is 1.67 bits per heavy atom. The lowest BCUT2D eigenvalue weighted by Crippen LogP contribution is -2.03. The number of aryl methyl sites for hydroxylation is 2. The molecule has 2 rings (SSSR count). The highest BCUT2D eigenvalue weighted by molar-refractivity contribution is 5.35. The molecule has 3 heteroatoms.